The zero-order valence-corrected chi connectivity index (χ0v) is 19.3. The second kappa shape index (κ2) is 9.22. The maximum atomic E-state index is 12.0. The van der Waals surface area contributed by atoms with E-state index in [0.717, 1.165) is 24.9 Å². The minimum Gasteiger partial charge on any atom is -0.462 e. The molecule has 5 heteroatoms. The van der Waals surface area contributed by atoms with Crippen LogP contribution >= 0.6 is 11.6 Å². The number of esters is 1. The van der Waals surface area contributed by atoms with Crippen molar-refractivity contribution in [2.24, 2.45) is 4.99 Å². The van der Waals surface area contributed by atoms with Crippen LogP contribution in [0.4, 0.5) is 11.4 Å². The van der Waals surface area contributed by atoms with E-state index < -0.39 is 0 Å². The highest BCUT2D eigenvalue weighted by Crippen LogP contribution is 2.45. The third-order valence-electron chi connectivity index (χ3n) is 5.66. The van der Waals surface area contributed by atoms with E-state index >= 15 is 0 Å². The monoisotopic (exact) mass is 426 g/mol. The van der Waals surface area contributed by atoms with Gasteiger partial charge in [-0.1, -0.05) is 31.5 Å². The molecule has 2 aromatic rings. The molecule has 4 nitrogen and oxygen atoms in total. The Balaban J connectivity index is 1.93. The number of anilines is 1. The van der Waals surface area contributed by atoms with Gasteiger partial charge in [0.25, 0.3) is 0 Å². The van der Waals surface area contributed by atoms with E-state index in [4.69, 9.17) is 16.3 Å². The van der Waals surface area contributed by atoms with Crippen LogP contribution in [-0.4, -0.2) is 30.9 Å². The maximum Gasteiger partial charge on any atom is 0.338 e. The Bertz CT molecular complexity index is 952. The highest BCUT2D eigenvalue weighted by Gasteiger charge is 2.36. The summed E-state index contributed by atoms with van der Waals surface area (Å²) in [6, 6.07) is 11.4. The summed E-state index contributed by atoms with van der Waals surface area (Å²) in [7, 11) is 0. The lowest BCUT2D eigenvalue weighted by Crippen LogP contribution is -2.48. The summed E-state index contributed by atoms with van der Waals surface area (Å²) >= 11 is 6.66. The summed E-state index contributed by atoms with van der Waals surface area (Å²) in [6.45, 7) is 12.3. The molecule has 1 aliphatic rings. The first-order chi connectivity index (χ1) is 14.3. The minimum absolute atomic E-state index is 0.106. The van der Waals surface area contributed by atoms with Crippen molar-refractivity contribution in [1.29, 1.82) is 0 Å². The summed E-state index contributed by atoms with van der Waals surface area (Å²) in [4.78, 5) is 19.0. The number of carbonyl (C=O) groups is 1. The van der Waals surface area contributed by atoms with Crippen LogP contribution in [0.2, 0.25) is 5.02 Å². The summed E-state index contributed by atoms with van der Waals surface area (Å²) in [6.07, 6.45) is 3.97. The molecule has 160 valence electrons. The van der Waals surface area contributed by atoms with Gasteiger partial charge in [-0.25, -0.2) is 4.79 Å². The number of aliphatic imine (C=N–C) groups is 1. The summed E-state index contributed by atoms with van der Waals surface area (Å²) in [5, 5.41) is 0.685. The van der Waals surface area contributed by atoms with Crippen LogP contribution in [0.25, 0.3) is 0 Å². The third-order valence-corrected chi connectivity index (χ3v) is 5.99. The van der Waals surface area contributed by atoms with Gasteiger partial charge in [0.1, 0.15) is 0 Å². The van der Waals surface area contributed by atoms with Gasteiger partial charge < -0.3 is 9.64 Å². The van der Waals surface area contributed by atoms with Crippen molar-refractivity contribution in [3.05, 3.63) is 58.1 Å². The number of nitrogens with zero attached hydrogens (tertiary/aromatic N) is 2. The first-order valence-corrected chi connectivity index (χ1v) is 11.1. The molecule has 30 heavy (non-hydrogen) atoms. The van der Waals surface area contributed by atoms with Gasteiger partial charge in [0, 0.05) is 29.5 Å². The van der Waals surface area contributed by atoms with Gasteiger partial charge in [-0.3, -0.25) is 4.99 Å². The van der Waals surface area contributed by atoms with Crippen LogP contribution in [0.15, 0.2) is 41.4 Å². The number of hydrogen-bond donors (Lipinski definition) is 0. The van der Waals surface area contributed by atoms with E-state index in [0.29, 0.717) is 28.8 Å². The lowest BCUT2D eigenvalue weighted by atomic mass is 9.79. The number of rotatable bonds is 6. The van der Waals surface area contributed by atoms with Gasteiger partial charge in [0.15, 0.2) is 0 Å². The van der Waals surface area contributed by atoms with E-state index in [2.05, 4.69) is 49.7 Å². The average Bonchev–Trinajstić information content (AvgIpc) is 2.70. The molecule has 1 unspecified atom stereocenters. The molecule has 0 saturated carbocycles. The van der Waals surface area contributed by atoms with Crippen molar-refractivity contribution in [2.45, 2.75) is 58.9 Å². The number of halogens is 1. The molecule has 0 bridgehead atoms. The molecule has 0 aliphatic carbocycles. The molecule has 0 aromatic heterocycles. The van der Waals surface area contributed by atoms with Gasteiger partial charge in [-0.05, 0) is 75.4 Å². The Morgan fingerprint density at radius 2 is 2.07 bits per heavy atom. The van der Waals surface area contributed by atoms with Crippen molar-refractivity contribution < 1.29 is 9.53 Å². The molecule has 0 saturated heterocycles. The summed E-state index contributed by atoms with van der Waals surface area (Å²) in [5.74, 6) is 0.105. The molecular weight excluding hydrogens is 396 g/mol. The average molecular weight is 427 g/mol. The molecule has 3 rings (SSSR count). The quantitative estimate of drug-likeness (QED) is 0.378. The molecule has 0 radical (unpaired) electrons. The molecule has 0 amide bonds. The van der Waals surface area contributed by atoms with Gasteiger partial charge in [-0.2, -0.15) is 0 Å². The van der Waals surface area contributed by atoms with Crippen LogP contribution in [0.5, 0.6) is 0 Å². The summed E-state index contributed by atoms with van der Waals surface area (Å²) < 4.78 is 5.07. The molecule has 1 aliphatic heterocycles. The Labute approximate surface area is 184 Å². The van der Waals surface area contributed by atoms with Crippen molar-refractivity contribution in [1.82, 2.24) is 0 Å². The van der Waals surface area contributed by atoms with E-state index in [-0.39, 0.29) is 11.5 Å². The number of benzene rings is 2. The highest BCUT2D eigenvalue weighted by molar-refractivity contribution is 6.33. The molecular formula is C25H31ClN2O2. The minimum atomic E-state index is -0.339. The standard InChI is InChI=1S/C25H31ClN2O2/c1-6-11-28-23-14-22(26)19(13-21(23)17(3)15-25(28,4)5)16-27-20-10-8-9-18(12-20)24(29)30-7-2/h8-10,12-14,16-17H,6-7,11,15H2,1-5H3. The van der Waals surface area contributed by atoms with E-state index in [1.54, 1.807) is 31.3 Å². The lowest BCUT2D eigenvalue weighted by Gasteiger charge is -2.47. The van der Waals surface area contributed by atoms with Crippen molar-refractivity contribution in [2.75, 3.05) is 18.1 Å². The van der Waals surface area contributed by atoms with Crippen molar-refractivity contribution in [3.63, 3.8) is 0 Å². The Kier molecular flexibility index (Phi) is 6.87. The van der Waals surface area contributed by atoms with Crippen LogP contribution in [-0.2, 0) is 4.74 Å². The SMILES string of the molecule is CCCN1c2cc(Cl)c(C=Nc3cccc(C(=O)OCC)c3)cc2C(C)CC1(C)C. The maximum absolute atomic E-state index is 12.0. The summed E-state index contributed by atoms with van der Waals surface area (Å²) in [5.41, 5.74) is 4.72. The Hall–Kier alpha value is -2.33. The topological polar surface area (TPSA) is 41.9 Å². The largest absolute Gasteiger partial charge is 0.462 e. The van der Waals surface area contributed by atoms with Crippen molar-refractivity contribution >= 4 is 35.2 Å². The fourth-order valence-corrected chi connectivity index (χ4v) is 4.55. The van der Waals surface area contributed by atoms with E-state index in [1.807, 2.05) is 6.07 Å². The predicted octanol–water partition coefficient (Wildman–Crippen LogP) is 6.77. The van der Waals surface area contributed by atoms with Gasteiger partial charge in [-0.15, -0.1) is 0 Å². The second-order valence-corrected chi connectivity index (χ2v) is 8.94. The van der Waals surface area contributed by atoms with Crippen LogP contribution in [0.3, 0.4) is 0 Å². The fourth-order valence-electron chi connectivity index (χ4n) is 4.34. The van der Waals surface area contributed by atoms with E-state index in [1.165, 1.54) is 11.3 Å². The number of hydrogen-bond acceptors (Lipinski definition) is 4. The number of carbonyl (C=O) groups excluding carboxylic acids is 1. The van der Waals surface area contributed by atoms with Gasteiger partial charge >= 0.3 is 5.97 Å². The number of ether oxygens (including phenoxy) is 1. The lowest BCUT2D eigenvalue weighted by molar-refractivity contribution is 0.0526. The molecule has 1 atom stereocenters. The normalized spacial score (nSPS) is 17.8. The van der Waals surface area contributed by atoms with Crippen LogP contribution in [0, 0.1) is 0 Å². The zero-order valence-electron chi connectivity index (χ0n) is 18.5. The first kappa shape index (κ1) is 22.4. The third kappa shape index (κ3) is 4.70. The Morgan fingerprint density at radius 1 is 1.30 bits per heavy atom. The number of fused-ring (bicyclic) bond motifs is 1. The smallest absolute Gasteiger partial charge is 0.338 e. The van der Waals surface area contributed by atoms with E-state index in [9.17, 15) is 4.79 Å². The predicted molar refractivity (Wildman–Crippen MR) is 126 cm³/mol. The second-order valence-electron chi connectivity index (χ2n) is 8.53. The highest BCUT2D eigenvalue weighted by atomic mass is 35.5. The molecule has 0 N–H and O–H groups in total. The fraction of sp³-hybridized carbons (Fsp3) is 0.440. The molecule has 2 aromatic carbocycles. The van der Waals surface area contributed by atoms with Crippen LogP contribution < -0.4 is 4.90 Å². The first-order valence-electron chi connectivity index (χ1n) is 10.7. The molecule has 0 fully saturated rings. The van der Waals surface area contributed by atoms with Gasteiger partial charge in [0.05, 0.1) is 22.9 Å². The van der Waals surface area contributed by atoms with Crippen molar-refractivity contribution in [3.8, 4) is 0 Å². The Morgan fingerprint density at radius 3 is 2.77 bits per heavy atom. The van der Waals surface area contributed by atoms with Crippen LogP contribution in [0.1, 0.15) is 74.9 Å². The molecule has 0 spiro atoms. The van der Waals surface area contributed by atoms with Gasteiger partial charge in [0.2, 0.25) is 0 Å². The molecule has 1 heterocycles. The zero-order chi connectivity index (χ0) is 21.9.